The Hall–Kier alpha value is -3.44. The lowest BCUT2D eigenvalue weighted by molar-refractivity contribution is -0.150. The topological polar surface area (TPSA) is 178 Å². The molecule has 0 aliphatic carbocycles. The molecule has 190 valence electrons. The number of aliphatic carboxylic acids is 1. The molecule has 1 saturated heterocycles. The first kappa shape index (κ1) is 26.2. The molecule has 35 heavy (non-hydrogen) atoms. The lowest BCUT2D eigenvalue weighted by Gasteiger charge is -2.30. The summed E-state index contributed by atoms with van der Waals surface area (Å²) in [4.78, 5) is 54.4. The Balaban J connectivity index is 1.63. The second-order valence-corrected chi connectivity index (χ2v) is 9.17. The minimum absolute atomic E-state index is 0.217. The number of aromatic nitrogens is 1. The van der Waals surface area contributed by atoms with Gasteiger partial charge in [0.25, 0.3) is 0 Å². The van der Waals surface area contributed by atoms with Gasteiger partial charge in [-0.1, -0.05) is 32.0 Å². The van der Waals surface area contributed by atoms with E-state index in [1.807, 2.05) is 24.3 Å². The first-order valence-electron chi connectivity index (χ1n) is 11.7. The van der Waals surface area contributed by atoms with Crippen LogP contribution in [0.15, 0.2) is 30.5 Å². The molecular weight excluding hydrogens is 454 g/mol. The van der Waals surface area contributed by atoms with E-state index in [-0.39, 0.29) is 18.9 Å². The van der Waals surface area contributed by atoms with Crippen LogP contribution in [0, 0.1) is 5.92 Å². The number of para-hydroxylation sites is 1. The maximum absolute atomic E-state index is 13.0. The van der Waals surface area contributed by atoms with E-state index in [0.29, 0.717) is 12.8 Å². The van der Waals surface area contributed by atoms with Crippen molar-refractivity contribution in [2.24, 2.45) is 11.7 Å². The maximum Gasteiger partial charge on any atom is 0.326 e. The third-order valence-corrected chi connectivity index (χ3v) is 6.32. The Bertz CT molecular complexity index is 1080. The van der Waals surface area contributed by atoms with Crippen LogP contribution in [0.25, 0.3) is 10.9 Å². The predicted molar refractivity (Wildman–Crippen MR) is 128 cm³/mol. The van der Waals surface area contributed by atoms with Crippen molar-refractivity contribution in [1.82, 2.24) is 20.5 Å². The van der Waals surface area contributed by atoms with Crippen LogP contribution in [0.4, 0.5) is 0 Å². The summed E-state index contributed by atoms with van der Waals surface area (Å²) in [6, 6.07) is 3.35. The van der Waals surface area contributed by atoms with E-state index in [0.717, 1.165) is 16.5 Å². The molecule has 3 amide bonds. The smallest absolute Gasteiger partial charge is 0.326 e. The zero-order valence-electron chi connectivity index (χ0n) is 19.9. The van der Waals surface area contributed by atoms with Crippen LogP contribution in [0.2, 0.25) is 0 Å². The largest absolute Gasteiger partial charge is 0.480 e. The number of H-pyrrole nitrogens is 1. The van der Waals surface area contributed by atoms with Crippen molar-refractivity contribution >= 4 is 34.6 Å². The summed E-state index contributed by atoms with van der Waals surface area (Å²) in [7, 11) is 0. The van der Waals surface area contributed by atoms with Crippen LogP contribution in [0.3, 0.4) is 0 Å². The molecule has 2 heterocycles. The molecule has 11 heteroatoms. The van der Waals surface area contributed by atoms with E-state index in [2.05, 4.69) is 15.6 Å². The first-order chi connectivity index (χ1) is 16.6. The number of hydrogen-bond donors (Lipinski definition) is 6. The summed E-state index contributed by atoms with van der Waals surface area (Å²) in [6.07, 6.45) is 2.90. The molecule has 0 bridgehead atoms. The van der Waals surface area contributed by atoms with Crippen molar-refractivity contribution in [3.05, 3.63) is 36.0 Å². The summed E-state index contributed by atoms with van der Waals surface area (Å²) in [6.45, 7) is 3.03. The van der Waals surface area contributed by atoms with Crippen LogP contribution in [-0.2, 0) is 25.6 Å². The number of aliphatic hydroxyl groups is 1. The molecule has 1 aromatic carbocycles. The minimum Gasteiger partial charge on any atom is -0.480 e. The summed E-state index contributed by atoms with van der Waals surface area (Å²) in [5.41, 5.74) is 7.83. The van der Waals surface area contributed by atoms with Gasteiger partial charge in [-0.25, -0.2) is 4.79 Å². The number of amides is 3. The van der Waals surface area contributed by atoms with E-state index in [1.165, 1.54) is 4.90 Å². The molecule has 0 spiro atoms. The fourth-order valence-electron chi connectivity index (χ4n) is 4.34. The van der Waals surface area contributed by atoms with Gasteiger partial charge < -0.3 is 36.5 Å². The Kier molecular flexibility index (Phi) is 8.47. The number of aromatic amines is 1. The molecule has 0 saturated carbocycles. The Morgan fingerprint density at radius 2 is 1.89 bits per heavy atom. The number of rotatable bonds is 10. The average Bonchev–Trinajstić information content (AvgIpc) is 3.48. The number of nitrogens with one attached hydrogen (secondary N) is 3. The molecule has 2 aromatic rings. The third-order valence-electron chi connectivity index (χ3n) is 6.32. The quantitative estimate of drug-likeness (QED) is 0.267. The summed E-state index contributed by atoms with van der Waals surface area (Å²) >= 11 is 0. The predicted octanol–water partition coefficient (Wildman–Crippen LogP) is -0.269. The third kappa shape index (κ3) is 5.98. The van der Waals surface area contributed by atoms with Gasteiger partial charge in [0.15, 0.2) is 0 Å². The van der Waals surface area contributed by atoms with E-state index in [4.69, 9.17) is 5.73 Å². The summed E-state index contributed by atoms with van der Waals surface area (Å²) < 4.78 is 0. The Morgan fingerprint density at radius 1 is 1.17 bits per heavy atom. The number of carbonyl (C=O) groups is 4. The number of hydrogen-bond acceptors (Lipinski definition) is 6. The minimum atomic E-state index is -1.32. The van der Waals surface area contributed by atoms with Gasteiger partial charge in [0, 0.05) is 23.6 Å². The number of carboxylic acids is 1. The van der Waals surface area contributed by atoms with Gasteiger partial charge in [-0.3, -0.25) is 14.4 Å². The highest BCUT2D eigenvalue weighted by atomic mass is 16.4. The fraction of sp³-hybridized carbons (Fsp3) is 0.500. The summed E-state index contributed by atoms with van der Waals surface area (Å²) in [5, 5.41) is 25.1. The van der Waals surface area contributed by atoms with Crippen LogP contribution in [0.1, 0.15) is 32.3 Å². The zero-order valence-corrected chi connectivity index (χ0v) is 19.9. The second-order valence-electron chi connectivity index (χ2n) is 9.17. The maximum atomic E-state index is 13.0. The standard InChI is InChI=1S/C24H33N5O6/c1-13(2)20(23(33)29-9-5-8-19(29)24(34)35)28-22(32)18(12-30)27-21(31)16(25)10-14-11-26-17-7-4-3-6-15(14)17/h3-4,6-7,11,13,16,18-20,26,30H,5,8-10,12,25H2,1-2H3,(H,27,31)(H,28,32)(H,34,35). The molecule has 1 aliphatic heterocycles. The van der Waals surface area contributed by atoms with Crippen molar-refractivity contribution in [3.8, 4) is 0 Å². The number of carboxylic acid groups (broad SMARTS) is 1. The van der Waals surface area contributed by atoms with Gasteiger partial charge in [0.1, 0.15) is 18.1 Å². The Morgan fingerprint density at radius 3 is 2.54 bits per heavy atom. The molecule has 1 aliphatic rings. The molecular formula is C24H33N5O6. The molecule has 3 rings (SSSR count). The number of carbonyl (C=O) groups excluding carboxylic acids is 3. The lowest BCUT2D eigenvalue weighted by atomic mass is 10.0. The van der Waals surface area contributed by atoms with Gasteiger partial charge in [-0.05, 0) is 36.8 Å². The van der Waals surface area contributed by atoms with E-state index >= 15 is 0 Å². The number of likely N-dealkylation sites (tertiary alicyclic amines) is 1. The monoisotopic (exact) mass is 487 g/mol. The van der Waals surface area contributed by atoms with Gasteiger partial charge in [0.05, 0.1) is 12.6 Å². The van der Waals surface area contributed by atoms with Crippen molar-refractivity contribution < 1.29 is 29.4 Å². The van der Waals surface area contributed by atoms with Gasteiger partial charge in [-0.2, -0.15) is 0 Å². The van der Waals surface area contributed by atoms with E-state index < -0.39 is 54.5 Å². The zero-order chi connectivity index (χ0) is 25.7. The molecule has 4 unspecified atom stereocenters. The molecule has 4 atom stereocenters. The molecule has 11 nitrogen and oxygen atoms in total. The highest BCUT2D eigenvalue weighted by molar-refractivity contribution is 5.94. The highest BCUT2D eigenvalue weighted by Crippen LogP contribution is 2.21. The number of aliphatic hydroxyl groups excluding tert-OH is 1. The average molecular weight is 488 g/mol. The van der Waals surface area contributed by atoms with Crippen molar-refractivity contribution in [2.45, 2.75) is 57.3 Å². The fourth-order valence-corrected chi connectivity index (χ4v) is 4.34. The van der Waals surface area contributed by atoms with Crippen LogP contribution in [-0.4, -0.2) is 81.1 Å². The molecule has 1 fully saturated rings. The van der Waals surface area contributed by atoms with E-state index in [1.54, 1.807) is 20.0 Å². The van der Waals surface area contributed by atoms with Crippen molar-refractivity contribution in [1.29, 1.82) is 0 Å². The molecule has 1 aromatic heterocycles. The van der Waals surface area contributed by atoms with Crippen LogP contribution < -0.4 is 16.4 Å². The first-order valence-corrected chi connectivity index (χ1v) is 11.7. The van der Waals surface area contributed by atoms with Crippen molar-refractivity contribution in [3.63, 3.8) is 0 Å². The van der Waals surface area contributed by atoms with E-state index in [9.17, 15) is 29.4 Å². The van der Waals surface area contributed by atoms with Gasteiger partial charge in [0.2, 0.25) is 17.7 Å². The van der Waals surface area contributed by atoms with Gasteiger partial charge >= 0.3 is 5.97 Å². The summed E-state index contributed by atoms with van der Waals surface area (Å²) in [5.74, 6) is -3.31. The SMILES string of the molecule is CC(C)C(NC(=O)C(CO)NC(=O)C(N)Cc1c[nH]c2ccccc12)C(=O)N1CCCC1C(=O)O. The molecule has 7 N–H and O–H groups in total. The molecule has 0 radical (unpaired) electrons. The lowest BCUT2D eigenvalue weighted by Crippen LogP contribution is -2.59. The highest BCUT2D eigenvalue weighted by Gasteiger charge is 2.39. The number of nitrogens with zero attached hydrogens (tertiary/aromatic N) is 1. The Labute approximate surface area is 203 Å². The normalized spacial score (nSPS) is 18.3. The van der Waals surface area contributed by atoms with Crippen molar-refractivity contribution in [2.75, 3.05) is 13.2 Å². The number of benzene rings is 1. The van der Waals surface area contributed by atoms with Crippen LogP contribution >= 0.6 is 0 Å². The van der Waals surface area contributed by atoms with Gasteiger partial charge in [-0.15, -0.1) is 0 Å². The second kappa shape index (κ2) is 11.3. The number of fused-ring (bicyclic) bond motifs is 1. The van der Waals surface area contributed by atoms with Crippen LogP contribution in [0.5, 0.6) is 0 Å². The number of nitrogens with two attached hydrogens (primary N) is 1.